The molecule has 1 unspecified atom stereocenters. The van der Waals surface area contributed by atoms with Crippen molar-refractivity contribution in [1.29, 1.82) is 0 Å². The number of hydrogen-bond donors (Lipinski definition) is 1. The second-order valence-corrected chi connectivity index (χ2v) is 9.26. The molecule has 35 heavy (non-hydrogen) atoms. The Hall–Kier alpha value is -4.21. The monoisotopic (exact) mass is 476 g/mol. The minimum Gasteiger partial charge on any atom is -0.467 e. The smallest absolute Gasteiger partial charge is 0.251 e. The summed E-state index contributed by atoms with van der Waals surface area (Å²) in [6.45, 7) is 9.07. The first-order chi connectivity index (χ1) is 16.6. The van der Waals surface area contributed by atoms with Crippen LogP contribution in [0.3, 0.4) is 0 Å². The van der Waals surface area contributed by atoms with Crippen molar-refractivity contribution in [2.24, 2.45) is 0 Å². The van der Waals surface area contributed by atoms with Crippen LogP contribution >= 0.6 is 0 Å². The highest BCUT2D eigenvalue weighted by atomic mass is 16.3. The minimum atomic E-state index is -1.05. The minimum absolute atomic E-state index is 0.249. The van der Waals surface area contributed by atoms with Crippen LogP contribution < -0.4 is 10.2 Å². The van der Waals surface area contributed by atoms with Gasteiger partial charge in [0.2, 0.25) is 5.82 Å². The van der Waals surface area contributed by atoms with E-state index in [0.717, 1.165) is 5.56 Å². The fraction of sp³-hybridized carbons (Fsp3) is 0.320. The largest absolute Gasteiger partial charge is 0.467 e. The number of nitrogens with one attached hydrogen (secondary N) is 1. The molecule has 3 heterocycles. The highest BCUT2D eigenvalue weighted by Gasteiger charge is 2.37. The molecule has 0 fully saturated rings. The number of aryl methyl sites for hydroxylation is 2. The fourth-order valence-corrected chi connectivity index (χ4v) is 3.67. The van der Waals surface area contributed by atoms with E-state index in [1.807, 2.05) is 52.8 Å². The molecule has 0 spiro atoms. The van der Waals surface area contributed by atoms with Gasteiger partial charge in [-0.2, -0.15) is 4.80 Å². The second kappa shape index (κ2) is 9.57. The van der Waals surface area contributed by atoms with Gasteiger partial charge < -0.3 is 14.2 Å². The van der Waals surface area contributed by atoms with E-state index in [-0.39, 0.29) is 18.3 Å². The maximum absolute atomic E-state index is 13.8. The quantitative estimate of drug-likeness (QED) is 0.430. The lowest BCUT2D eigenvalue weighted by Gasteiger charge is -2.33. The lowest BCUT2D eigenvalue weighted by molar-refractivity contribution is -0.128. The number of carbonyl (C=O) groups is 2. The summed E-state index contributed by atoms with van der Waals surface area (Å²) < 4.78 is 11.2. The van der Waals surface area contributed by atoms with Gasteiger partial charge in [0.15, 0.2) is 11.8 Å². The van der Waals surface area contributed by atoms with E-state index in [1.165, 1.54) is 16.0 Å². The van der Waals surface area contributed by atoms with E-state index in [4.69, 9.17) is 8.83 Å². The third-order valence-electron chi connectivity index (χ3n) is 5.15. The highest BCUT2D eigenvalue weighted by Crippen LogP contribution is 2.31. The molecule has 0 aliphatic rings. The summed E-state index contributed by atoms with van der Waals surface area (Å²) in [7, 11) is 0. The number of para-hydroxylation sites is 1. The van der Waals surface area contributed by atoms with Crippen LogP contribution in [-0.2, 0) is 16.1 Å². The Labute approximate surface area is 202 Å². The van der Waals surface area contributed by atoms with Crippen molar-refractivity contribution in [3.8, 4) is 11.6 Å². The van der Waals surface area contributed by atoms with Crippen LogP contribution in [-0.4, -0.2) is 37.6 Å². The Kier molecular flexibility index (Phi) is 6.54. The molecule has 2 amide bonds. The van der Waals surface area contributed by atoms with Crippen LogP contribution in [0.5, 0.6) is 0 Å². The highest BCUT2D eigenvalue weighted by molar-refractivity contribution is 6.01. The summed E-state index contributed by atoms with van der Waals surface area (Å²) in [5.41, 5.74) is 0.871. The van der Waals surface area contributed by atoms with Crippen molar-refractivity contribution in [3.05, 3.63) is 71.9 Å². The third kappa shape index (κ3) is 5.48. The molecular weight excluding hydrogens is 448 g/mol. The van der Waals surface area contributed by atoms with Crippen molar-refractivity contribution in [3.63, 3.8) is 0 Å². The SMILES string of the molecule is Cc1ccc(-c2nnn(CC(=O)N(c3ccccc3C)C(C(=O)NC(C)(C)C)c3ccco3)n2)o1. The predicted molar refractivity (Wildman–Crippen MR) is 128 cm³/mol. The van der Waals surface area contributed by atoms with Gasteiger partial charge in [0.1, 0.15) is 18.1 Å². The van der Waals surface area contributed by atoms with Gasteiger partial charge in [0.25, 0.3) is 11.8 Å². The van der Waals surface area contributed by atoms with Crippen LogP contribution in [0.2, 0.25) is 0 Å². The van der Waals surface area contributed by atoms with Crippen LogP contribution in [0, 0.1) is 13.8 Å². The van der Waals surface area contributed by atoms with E-state index in [9.17, 15) is 9.59 Å². The van der Waals surface area contributed by atoms with E-state index < -0.39 is 17.5 Å². The van der Waals surface area contributed by atoms with Crippen molar-refractivity contribution in [2.45, 2.75) is 52.7 Å². The standard InChI is InChI=1S/C25H28N6O4/c1-16-9-6-7-10-18(16)31(22(19-11-8-14-34-19)24(33)26-25(3,4)5)21(32)15-30-28-23(27-29-30)20-13-12-17(2)35-20/h6-14,22H,15H2,1-5H3,(H,26,33). The van der Waals surface area contributed by atoms with Gasteiger partial charge in [-0.15, -0.1) is 10.2 Å². The zero-order valence-electron chi connectivity index (χ0n) is 20.3. The molecule has 4 rings (SSSR count). The number of carbonyl (C=O) groups excluding carboxylic acids is 2. The van der Waals surface area contributed by atoms with E-state index in [2.05, 4.69) is 20.7 Å². The number of hydrogen-bond acceptors (Lipinski definition) is 7. The Balaban J connectivity index is 1.72. The molecule has 0 saturated carbocycles. The predicted octanol–water partition coefficient (Wildman–Crippen LogP) is 3.83. The zero-order valence-corrected chi connectivity index (χ0v) is 20.3. The first kappa shape index (κ1) is 23.9. The number of amides is 2. The van der Waals surface area contributed by atoms with Crippen molar-refractivity contribution < 1.29 is 18.4 Å². The first-order valence-corrected chi connectivity index (χ1v) is 11.2. The summed E-state index contributed by atoms with van der Waals surface area (Å²) in [5, 5.41) is 15.3. The average molecular weight is 477 g/mol. The molecule has 1 N–H and O–H groups in total. The van der Waals surface area contributed by atoms with Gasteiger partial charge in [0.05, 0.1) is 6.26 Å². The molecule has 3 aromatic heterocycles. The van der Waals surface area contributed by atoms with Crippen LogP contribution in [0.4, 0.5) is 5.69 Å². The lowest BCUT2D eigenvalue weighted by atomic mass is 10.0. The molecule has 10 heteroatoms. The molecule has 10 nitrogen and oxygen atoms in total. The van der Waals surface area contributed by atoms with Crippen LogP contribution in [0.15, 0.2) is 63.6 Å². The van der Waals surface area contributed by atoms with Gasteiger partial charge in [-0.1, -0.05) is 18.2 Å². The summed E-state index contributed by atoms with van der Waals surface area (Å²) in [4.78, 5) is 29.9. The number of rotatable bonds is 7. The topological polar surface area (TPSA) is 119 Å². The Morgan fingerprint density at radius 3 is 2.49 bits per heavy atom. The zero-order chi connectivity index (χ0) is 25.2. The number of anilines is 1. The number of nitrogens with zero attached hydrogens (tertiary/aromatic N) is 5. The molecule has 0 aliphatic heterocycles. The molecule has 4 aromatic rings. The summed E-state index contributed by atoms with van der Waals surface area (Å²) in [6.07, 6.45) is 1.48. The van der Waals surface area contributed by atoms with Crippen molar-refractivity contribution >= 4 is 17.5 Å². The second-order valence-electron chi connectivity index (χ2n) is 9.26. The maximum atomic E-state index is 13.8. The van der Waals surface area contributed by atoms with Crippen LogP contribution in [0.1, 0.15) is 43.9 Å². The first-order valence-electron chi connectivity index (χ1n) is 11.2. The van der Waals surface area contributed by atoms with Crippen molar-refractivity contribution in [2.75, 3.05) is 4.90 Å². The molecule has 1 aromatic carbocycles. The molecule has 0 saturated heterocycles. The van der Waals surface area contributed by atoms with Gasteiger partial charge in [-0.3, -0.25) is 14.5 Å². The lowest BCUT2D eigenvalue weighted by Crippen LogP contribution is -2.50. The van der Waals surface area contributed by atoms with Gasteiger partial charge in [0, 0.05) is 11.2 Å². The summed E-state index contributed by atoms with van der Waals surface area (Å²) >= 11 is 0. The van der Waals surface area contributed by atoms with Crippen LogP contribution in [0.25, 0.3) is 11.6 Å². The normalized spacial score (nSPS) is 12.4. The van der Waals surface area contributed by atoms with E-state index in [0.29, 0.717) is 23.0 Å². The summed E-state index contributed by atoms with van der Waals surface area (Å²) in [6, 6.07) is 13.2. The fourth-order valence-electron chi connectivity index (χ4n) is 3.67. The Morgan fingerprint density at radius 1 is 1.09 bits per heavy atom. The molecule has 0 radical (unpaired) electrons. The van der Waals surface area contributed by atoms with Gasteiger partial charge in [-0.25, -0.2) is 0 Å². The van der Waals surface area contributed by atoms with E-state index in [1.54, 1.807) is 30.3 Å². The number of furan rings is 2. The van der Waals surface area contributed by atoms with E-state index >= 15 is 0 Å². The molecule has 0 aliphatic carbocycles. The number of tetrazole rings is 1. The number of benzene rings is 1. The maximum Gasteiger partial charge on any atom is 0.251 e. The molecule has 0 bridgehead atoms. The molecular formula is C25H28N6O4. The number of aromatic nitrogens is 4. The Bertz CT molecular complexity index is 1320. The van der Waals surface area contributed by atoms with Gasteiger partial charge in [-0.05, 0) is 75.7 Å². The Morgan fingerprint density at radius 2 is 1.86 bits per heavy atom. The van der Waals surface area contributed by atoms with Crippen molar-refractivity contribution in [1.82, 2.24) is 25.5 Å². The molecule has 182 valence electrons. The summed E-state index contributed by atoms with van der Waals surface area (Å²) in [5.74, 6) is 0.981. The van der Waals surface area contributed by atoms with Gasteiger partial charge >= 0.3 is 0 Å². The molecule has 1 atom stereocenters. The average Bonchev–Trinajstić information content (AvgIpc) is 3.53. The third-order valence-corrected chi connectivity index (χ3v) is 5.15.